The molecule has 0 radical (unpaired) electrons. The van der Waals surface area contributed by atoms with Gasteiger partial charge in [-0.15, -0.1) is 0 Å². The van der Waals surface area contributed by atoms with Gasteiger partial charge in [-0.3, -0.25) is 13.5 Å². The Hall–Kier alpha value is -1.48. The lowest BCUT2D eigenvalue weighted by Crippen LogP contribution is -2.12. The first-order chi connectivity index (χ1) is 17.2. The lowest BCUT2D eigenvalue weighted by molar-refractivity contribution is -0.116. The Kier molecular flexibility index (Phi) is 21.8. The van der Waals surface area contributed by atoms with Gasteiger partial charge in [0.1, 0.15) is 0 Å². The van der Waals surface area contributed by atoms with Crippen molar-refractivity contribution in [3.05, 3.63) is 29.8 Å². The van der Waals surface area contributed by atoms with E-state index in [0.29, 0.717) is 6.42 Å². The Morgan fingerprint density at radius 1 is 0.806 bits per heavy atom. The van der Waals surface area contributed by atoms with E-state index in [9.17, 15) is 13.2 Å². The summed E-state index contributed by atoms with van der Waals surface area (Å²) in [7, 11) is 0.833. The van der Waals surface area contributed by atoms with Crippen LogP contribution in [0.25, 0.3) is 0 Å². The first-order valence-electron chi connectivity index (χ1n) is 13.7. The van der Waals surface area contributed by atoms with Crippen molar-refractivity contribution < 1.29 is 21.9 Å². The van der Waals surface area contributed by atoms with Crippen molar-refractivity contribution in [2.45, 2.75) is 116 Å². The van der Waals surface area contributed by atoms with E-state index in [1.165, 1.54) is 95.5 Å². The van der Waals surface area contributed by atoms with Crippen LogP contribution in [-0.4, -0.2) is 45.0 Å². The summed E-state index contributed by atoms with van der Waals surface area (Å²) >= 11 is 0. The second-order valence-electron chi connectivity index (χ2n) is 9.78. The van der Waals surface area contributed by atoms with Crippen LogP contribution in [0.5, 0.6) is 0 Å². The Bertz CT molecular complexity index is 752. The molecule has 36 heavy (non-hydrogen) atoms. The van der Waals surface area contributed by atoms with Crippen LogP contribution < -0.4 is 5.32 Å². The molecule has 8 heteroatoms. The van der Waals surface area contributed by atoms with E-state index in [1.807, 2.05) is 12.1 Å². The number of unbranched alkanes of at least 4 members (excludes halogenated alkanes) is 14. The summed E-state index contributed by atoms with van der Waals surface area (Å²) < 4.78 is 29.7. The summed E-state index contributed by atoms with van der Waals surface area (Å²) in [5.41, 5.74) is 2.17. The second-order valence-corrected chi connectivity index (χ2v) is 11.0. The van der Waals surface area contributed by atoms with Gasteiger partial charge in [0.05, 0.1) is 7.11 Å². The number of carbonyl (C=O) groups excluding carboxylic acids is 1. The Labute approximate surface area is 221 Å². The number of nitrogens with one attached hydrogen (secondary N) is 1. The fourth-order valence-electron chi connectivity index (χ4n) is 3.94. The predicted octanol–water partition coefficient (Wildman–Crippen LogP) is 7.38. The number of carbonyl (C=O) groups is 1. The molecule has 0 atom stereocenters. The van der Waals surface area contributed by atoms with Gasteiger partial charge in [0.2, 0.25) is 5.91 Å². The van der Waals surface area contributed by atoms with Crippen molar-refractivity contribution >= 4 is 22.0 Å². The van der Waals surface area contributed by atoms with Crippen LogP contribution in [-0.2, 0) is 25.9 Å². The molecule has 1 rings (SSSR count). The van der Waals surface area contributed by atoms with E-state index < -0.39 is 10.4 Å². The third-order valence-corrected chi connectivity index (χ3v) is 6.38. The lowest BCUT2D eigenvalue weighted by Gasteiger charge is -2.10. The highest BCUT2D eigenvalue weighted by atomic mass is 32.3. The van der Waals surface area contributed by atoms with Crippen LogP contribution in [0.2, 0.25) is 0 Å². The van der Waals surface area contributed by atoms with Crippen molar-refractivity contribution in [2.24, 2.45) is 0 Å². The van der Waals surface area contributed by atoms with E-state index in [4.69, 9.17) is 4.55 Å². The zero-order valence-corrected chi connectivity index (χ0v) is 24.1. The van der Waals surface area contributed by atoms with Crippen LogP contribution in [0.4, 0.5) is 5.69 Å². The molecule has 7 nitrogen and oxygen atoms in total. The van der Waals surface area contributed by atoms with Gasteiger partial charge in [-0.2, -0.15) is 8.42 Å². The zero-order chi connectivity index (χ0) is 27.1. The summed E-state index contributed by atoms with van der Waals surface area (Å²) in [6.45, 7) is 3.21. The maximum atomic E-state index is 12.1. The number of nitrogens with zero attached hydrogens (tertiary/aromatic N) is 1. The van der Waals surface area contributed by atoms with Gasteiger partial charge in [0, 0.05) is 18.7 Å². The van der Waals surface area contributed by atoms with Crippen LogP contribution in [0.3, 0.4) is 0 Å². The molecule has 1 amide bonds. The number of amides is 1. The molecular formula is C28H52N2O5S. The Morgan fingerprint density at radius 2 is 1.19 bits per heavy atom. The fraction of sp³-hybridized carbons (Fsp3) is 0.750. The highest BCUT2D eigenvalue weighted by Crippen LogP contribution is 2.15. The zero-order valence-electron chi connectivity index (χ0n) is 23.3. The monoisotopic (exact) mass is 528 g/mol. The fourth-order valence-corrected chi connectivity index (χ4v) is 3.94. The minimum atomic E-state index is -4.16. The van der Waals surface area contributed by atoms with Crippen molar-refractivity contribution in [2.75, 3.05) is 26.5 Å². The standard InChI is InChI=1S/C27H48N2O.CH4O4S/c1-4-5-6-7-8-9-10-11-12-13-14-15-16-17-18-19-27(30)28-26-22-20-25(21-23-26)24-29(2)3;1-5-6(2,3)4/h20-23H,4-19,24H2,1-3H3,(H,28,30);1H3,(H,2,3,4). The number of benzene rings is 1. The van der Waals surface area contributed by atoms with Gasteiger partial charge in [0.25, 0.3) is 0 Å². The summed E-state index contributed by atoms with van der Waals surface area (Å²) in [5.74, 6) is 0.144. The minimum Gasteiger partial charge on any atom is -0.326 e. The Morgan fingerprint density at radius 3 is 1.56 bits per heavy atom. The van der Waals surface area contributed by atoms with Gasteiger partial charge in [-0.25, -0.2) is 0 Å². The summed E-state index contributed by atoms with van der Waals surface area (Å²) in [5, 5.41) is 3.02. The smallest absolute Gasteiger partial charge is 0.326 e. The topological polar surface area (TPSA) is 95.9 Å². The highest BCUT2D eigenvalue weighted by Gasteiger charge is 2.03. The van der Waals surface area contributed by atoms with Gasteiger partial charge in [0.15, 0.2) is 0 Å². The third kappa shape index (κ3) is 24.2. The lowest BCUT2D eigenvalue weighted by atomic mass is 10.0. The molecule has 0 aliphatic rings. The molecular weight excluding hydrogens is 476 g/mol. The summed E-state index contributed by atoms with van der Waals surface area (Å²) in [6, 6.07) is 8.18. The number of hydrogen-bond donors (Lipinski definition) is 2. The van der Waals surface area contributed by atoms with E-state index in [1.54, 1.807) is 0 Å². The molecule has 0 unspecified atom stereocenters. The quantitative estimate of drug-likeness (QED) is 0.135. The molecule has 210 valence electrons. The largest absolute Gasteiger partial charge is 0.397 e. The number of anilines is 1. The van der Waals surface area contributed by atoms with Crippen LogP contribution in [0.15, 0.2) is 24.3 Å². The molecule has 0 heterocycles. The highest BCUT2D eigenvalue weighted by molar-refractivity contribution is 7.80. The summed E-state index contributed by atoms with van der Waals surface area (Å²) in [6.07, 6.45) is 20.9. The van der Waals surface area contributed by atoms with E-state index in [2.05, 4.69) is 47.6 Å². The van der Waals surface area contributed by atoms with E-state index in [-0.39, 0.29) is 5.91 Å². The van der Waals surface area contributed by atoms with Crippen LogP contribution >= 0.6 is 0 Å². The maximum Gasteiger partial charge on any atom is 0.397 e. The van der Waals surface area contributed by atoms with Gasteiger partial charge < -0.3 is 10.2 Å². The molecule has 2 N–H and O–H groups in total. The maximum absolute atomic E-state index is 12.1. The van der Waals surface area contributed by atoms with E-state index in [0.717, 1.165) is 25.8 Å². The average Bonchev–Trinajstić information content (AvgIpc) is 2.82. The van der Waals surface area contributed by atoms with Crippen molar-refractivity contribution in [3.63, 3.8) is 0 Å². The van der Waals surface area contributed by atoms with Crippen LogP contribution in [0, 0.1) is 0 Å². The minimum absolute atomic E-state index is 0.144. The molecule has 1 aromatic rings. The molecule has 1 aromatic carbocycles. The second kappa shape index (κ2) is 22.7. The third-order valence-electron chi connectivity index (χ3n) is 5.95. The number of hydrogen-bond acceptors (Lipinski definition) is 5. The van der Waals surface area contributed by atoms with Crippen molar-refractivity contribution in [1.82, 2.24) is 4.90 Å². The molecule has 0 aliphatic carbocycles. The summed E-state index contributed by atoms with van der Waals surface area (Å²) in [4.78, 5) is 14.2. The molecule has 0 aromatic heterocycles. The molecule has 0 spiro atoms. The van der Waals surface area contributed by atoms with Crippen LogP contribution in [0.1, 0.15) is 115 Å². The molecule has 0 bridgehead atoms. The first-order valence-corrected chi connectivity index (χ1v) is 15.1. The van der Waals surface area contributed by atoms with Gasteiger partial charge in [-0.1, -0.05) is 109 Å². The van der Waals surface area contributed by atoms with Gasteiger partial charge >= 0.3 is 10.4 Å². The Balaban J connectivity index is 0.00000181. The van der Waals surface area contributed by atoms with E-state index >= 15 is 0 Å². The average molecular weight is 529 g/mol. The normalized spacial score (nSPS) is 11.3. The predicted molar refractivity (Wildman–Crippen MR) is 151 cm³/mol. The molecule has 0 fully saturated rings. The number of rotatable bonds is 20. The SMILES string of the molecule is CCCCCCCCCCCCCCCCCC(=O)Nc1ccc(CN(C)C)cc1.COS(=O)(=O)O. The molecule has 0 saturated heterocycles. The van der Waals surface area contributed by atoms with Crippen molar-refractivity contribution in [3.8, 4) is 0 Å². The van der Waals surface area contributed by atoms with Crippen molar-refractivity contribution in [1.29, 1.82) is 0 Å². The van der Waals surface area contributed by atoms with Gasteiger partial charge in [-0.05, 0) is 38.2 Å². The molecule has 0 saturated carbocycles. The first kappa shape index (κ1) is 34.5. The molecule has 0 aliphatic heterocycles.